The highest BCUT2D eigenvalue weighted by molar-refractivity contribution is 5.95. The molecule has 0 spiro atoms. The normalized spacial score (nSPS) is 13.9. The van der Waals surface area contributed by atoms with Crippen LogP contribution in [0.5, 0.6) is 0 Å². The number of aryl methyl sites for hydroxylation is 1. The minimum Gasteiger partial charge on any atom is -0.345 e. The van der Waals surface area contributed by atoms with E-state index in [1.54, 1.807) is 4.90 Å². The summed E-state index contributed by atoms with van der Waals surface area (Å²) in [5.41, 5.74) is 2.75. The first-order valence-corrected chi connectivity index (χ1v) is 10.5. The van der Waals surface area contributed by atoms with Crippen LogP contribution in [0.2, 0.25) is 0 Å². The van der Waals surface area contributed by atoms with E-state index in [1.165, 1.54) is 0 Å². The molecule has 1 saturated carbocycles. The molecule has 0 saturated heterocycles. The summed E-state index contributed by atoms with van der Waals surface area (Å²) in [6.07, 6.45) is 2.50. The minimum absolute atomic E-state index is 0.0227. The van der Waals surface area contributed by atoms with E-state index in [0.29, 0.717) is 12.1 Å². The smallest absolute Gasteiger partial charge is 0.243 e. The number of hydrogen-bond acceptors (Lipinski definition) is 3. The van der Waals surface area contributed by atoms with Gasteiger partial charge in [-0.05, 0) is 43.9 Å². The summed E-state index contributed by atoms with van der Waals surface area (Å²) < 4.78 is 0. The molecule has 1 aliphatic rings. The van der Waals surface area contributed by atoms with Gasteiger partial charge in [0, 0.05) is 11.7 Å². The molecule has 2 aromatic carbocycles. The molecule has 30 heavy (non-hydrogen) atoms. The molecule has 1 unspecified atom stereocenters. The molecule has 0 heterocycles. The van der Waals surface area contributed by atoms with Crippen LogP contribution in [0.1, 0.15) is 43.2 Å². The van der Waals surface area contributed by atoms with Crippen LogP contribution in [0.3, 0.4) is 0 Å². The number of carbonyl (C=O) groups is 3. The third kappa shape index (κ3) is 5.92. The van der Waals surface area contributed by atoms with E-state index >= 15 is 0 Å². The average molecular weight is 408 g/mol. The van der Waals surface area contributed by atoms with Crippen molar-refractivity contribution < 1.29 is 14.4 Å². The van der Waals surface area contributed by atoms with Crippen LogP contribution in [0.15, 0.2) is 54.6 Å². The van der Waals surface area contributed by atoms with E-state index in [1.807, 2.05) is 68.4 Å². The first kappa shape index (κ1) is 21.6. The van der Waals surface area contributed by atoms with Crippen LogP contribution in [0.4, 0.5) is 5.69 Å². The zero-order valence-electron chi connectivity index (χ0n) is 17.6. The fraction of sp³-hybridized carbons (Fsp3) is 0.375. The van der Waals surface area contributed by atoms with Crippen LogP contribution in [-0.4, -0.2) is 41.8 Å². The van der Waals surface area contributed by atoms with Gasteiger partial charge in [0.05, 0.1) is 19.0 Å². The second kappa shape index (κ2) is 10.1. The summed E-state index contributed by atoms with van der Waals surface area (Å²) in [7, 11) is 0. The van der Waals surface area contributed by atoms with Gasteiger partial charge in [-0.25, -0.2) is 0 Å². The summed E-state index contributed by atoms with van der Waals surface area (Å²) in [4.78, 5) is 39.4. The molecule has 158 valence electrons. The lowest BCUT2D eigenvalue weighted by molar-refractivity contribution is -0.138. The Morgan fingerprint density at radius 2 is 1.67 bits per heavy atom. The maximum absolute atomic E-state index is 13.2. The Balaban J connectivity index is 1.54. The summed E-state index contributed by atoms with van der Waals surface area (Å²) in [5.74, 6) is -0.903. The van der Waals surface area contributed by atoms with Gasteiger partial charge in [0.25, 0.3) is 0 Å². The predicted molar refractivity (Wildman–Crippen MR) is 117 cm³/mol. The van der Waals surface area contributed by atoms with E-state index in [0.717, 1.165) is 24.0 Å². The molecule has 0 aromatic heterocycles. The monoisotopic (exact) mass is 407 g/mol. The number of nitrogens with zero attached hydrogens (tertiary/aromatic N) is 1. The van der Waals surface area contributed by atoms with Crippen molar-refractivity contribution in [2.75, 3.05) is 18.4 Å². The zero-order chi connectivity index (χ0) is 21.5. The molecule has 0 bridgehead atoms. The molecule has 6 heteroatoms. The van der Waals surface area contributed by atoms with Gasteiger partial charge in [-0.3, -0.25) is 14.4 Å². The van der Waals surface area contributed by atoms with Crippen molar-refractivity contribution in [2.45, 2.75) is 45.1 Å². The minimum atomic E-state index is -0.322. The van der Waals surface area contributed by atoms with Crippen LogP contribution < -0.4 is 10.6 Å². The van der Waals surface area contributed by atoms with Crippen LogP contribution in [0, 0.1) is 6.92 Å². The lowest BCUT2D eigenvalue weighted by Gasteiger charge is -2.26. The highest BCUT2D eigenvalue weighted by Crippen LogP contribution is 2.31. The Labute approximate surface area is 177 Å². The molecule has 3 rings (SSSR count). The number of carbonyl (C=O) groups excluding carboxylic acids is 3. The lowest BCUT2D eigenvalue weighted by atomic mass is 9.95. The van der Waals surface area contributed by atoms with E-state index < -0.39 is 0 Å². The van der Waals surface area contributed by atoms with Crippen molar-refractivity contribution in [1.29, 1.82) is 0 Å². The highest BCUT2D eigenvalue weighted by Gasteiger charge is 2.36. The molecule has 1 aliphatic carbocycles. The third-order valence-electron chi connectivity index (χ3n) is 5.27. The van der Waals surface area contributed by atoms with Crippen molar-refractivity contribution in [2.24, 2.45) is 0 Å². The van der Waals surface area contributed by atoms with Gasteiger partial charge in [-0.15, -0.1) is 0 Å². The highest BCUT2D eigenvalue weighted by atomic mass is 16.2. The van der Waals surface area contributed by atoms with Gasteiger partial charge in [0.15, 0.2) is 0 Å². The Kier molecular flexibility index (Phi) is 7.22. The van der Waals surface area contributed by atoms with Crippen molar-refractivity contribution in [3.63, 3.8) is 0 Å². The standard InChI is InChI=1S/C24H29N3O3/c1-3-21(18-7-5-4-6-8-18)24(30)27(20-13-14-20)16-23(29)25-15-22(28)26-19-11-9-17(2)10-12-19/h4-12,20-21H,3,13-16H2,1-2H3,(H,25,29)(H,26,28). The maximum atomic E-state index is 13.2. The van der Waals surface area contributed by atoms with Gasteiger partial charge in [0.2, 0.25) is 17.7 Å². The first-order valence-electron chi connectivity index (χ1n) is 10.5. The van der Waals surface area contributed by atoms with Gasteiger partial charge in [0.1, 0.15) is 0 Å². The Morgan fingerprint density at radius 3 is 2.27 bits per heavy atom. The number of nitrogens with one attached hydrogen (secondary N) is 2. The summed E-state index contributed by atoms with van der Waals surface area (Å²) in [6, 6.07) is 17.2. The second-order valence-electron chi connectivity index (χ2n) is 7.76. The molecule has 6 nitrogen and oxygen atoms in total. The largest absolute Gasteiger partial charge is 0.345 e. The van der Waals surface area contributed by atoms with Gasteiger partial charge < -0.3 is 15.5 Å². The SMILES string of the molecule is CCC(C(=O)N(CC(=O)NCC(=O)Nc1ccc(C)cc1)C1CC1)c1ccccc1. The molecular weight excluding hydrogens is 378 g/mol. The van der Waals surface area contributed by atoms with E-state index in [4.69, 9.17) is 0 Å². The number of rotatable bonds is 9. The summed E-state index contributed by atoms with van der Waals surface area (Å²) >= 11 is 0. The molecule has 0 aliphatic heterocycles. The summed E-state index contributed by atoms with van der Waals surface area (Å²) in [6.45, 7) is 3.80. The topological polar surface area (TPSA) is 78.5 Å². The number of anilines is 1. The quantitative estimate of drug-likeness (QED) is 0.670. The van der Waals surface area contributed by atoms with Gasteiger partial charge in [-0.2, -0.15) is 0 Å². The molecule has 1 atom stereocenters. The maximum Gasteiger partial charge on any atom is 0.243 e. The number of benzene rings is 2. The molecule has 2 aromatic rings. The van der Waals surface area contributed by atoms with Crippen molar-refractivity contribution in [3.8, 4) is 0 Å². The fourth-order valence-corrected chi connectivity index (χ4v) is 3.44. The van der Waals surface area contributed by atoms with Crippen molar-refractivity contribution >= 4 is 23.4 Å². The van der Waals surface area contributed by atoms with Crippen LogP contribution in [0.25, 0.3) is 0 Å². The lowest BCUT2D eigenvalue weighted by Crippen LogP contribution is -2.45. The first-order chi connectivity index (χ1) is 14.5. The number of amides is 3. The van der Waals surface area contributed by atoms with Gasteiger partial charge >= 0.3 is 0 Å². The molecular formula is C24H29N3O3. The van der Waals surface area contributed by atoms with E-state index in [2.05, 4.69) is 10.6 Å². The summed E-state index contributed by atoms with van der Waals surface area (Å²) in [5, 5.41) is 5.38. The van der Waals surface area contributed by atoms with E-state index in [-0.39, 0.29) is 42.8 Å². The molecule has 1 fully saturated rings. The molecule has 2 N–H and O–H groups in total. The molecule has 3 amide bonds. The fourth-order valence-electron chi connectivity index (χ4n) is 3.44. The van der Waals surface area contributed by atoms with Crippen molar-refractivity contribution in [1.82, 2.24) is 10.2 Å². The van der Waals surface area contributed by atoms with Crippen LogP contribution >= 0.6 is 0 Å². The Morgan fingerprint density at radius 1 is 1.00 bits per heavy atom. The second-order valence-corrected chi connectivity index (χ2v) is 7.76. The molecule has 0 radical (unpaired) electrons. The third-order valence-corrected chi connectivity index (χ3v) is 5.27. The van der Waals surface area contributed by atoms with Gasteiger partial charge in [-0.1, -0.05) is 55.0 Å². The van der Waals surface area contributed by atoms with Crippen molar-refractivity contribution in [3.05, 3.63) is 65.7 Å². The Bertz CT molecular complexity index is 876. The van der Waals surface area contributed by atoms with E-state index in [9.17, 15) is 14.4 Å². The van der Waals surface area contributed by atoms with Crippen LogP contribution in [-0.2, 0) is 14.4 Å². The Hall–Kier alpha value is -3.15. The zero-order valence-corrected chi connectivity index (χ0v) is 17.6. The number of hydrogen-bond donors (Lipinski definition) is 2. The average Bonchev–Trinajstić information content (AvgIpc) is 3.58. The predicted octanol–water partition coefficient (Wildman–Crippen LogP) is 3.23.